The Labute approximate surface area is 162 Å². The third-order valence-corrected chi connectivity index (χ3v) is 7.53. The molecule has 0 bridgehead atoms. The van der Waals surface area contributed by atoms with E-state index in [-0.39, 0.29) is 11.8 Å². The molecule has 0 aromatic heterocycles. The highest BCUT2D eigenvalue weighted by Crippen LogP contribution is 2.24. The highest BCUT2D eigenvalue weighted by atomic mass is 32.2. The van der Waals surface area contributed by atoms with E-state index in [2.05, 4.69) is 11.4 Å². The van der Waals surface area contributed by atoms with Gasteiger partial charge in [0.2, 0.25) is 15.9 Å². The van der Waals surface area contributed by atoms with Crippen molar-refractivity contribution in [1.82, 2.24) is 9.62 Å². The molecule has 27 heavy (non-hydrogen) atoms. The van der Waals surface area contributed by atoms with Gasteiger partial charge in [-0.3, -0.25) is 4.79 Å². The van der Waals surface area contributed by atoms with Crippen LogP contribution in [-0.2, 0) is 14.8 Å². The van der Waals surface area contributed by atoms with Crippen LogP contribution in [0.4, 0.5) is 0 Å². The summed E-state index contributed by atoms with van der Waals surface area (Å²) in [6, 6.07) is 6.94. The van der Waals surface area contributed by atoms with Crippen molar-refractivity contribution >= 4 is 15.9 Å². The summed E-state index contributed by atoms with van der Waals surface area (Å²) in [5.74, 6) is -0.0198. The van der Waals surface area contributed by atoms with Crippen LogP contribution in [0.1, 0.15) is 50.5 Å². The molecule has 0 unspecified atom stereocenters. The van der Waals surface area contributed by atoms with Crippen molar-refractivity contribution in [3.63, 3.8) is 0 Å². The number of carbonyl (C=O) groups excluding carboxylic acids is 1. The topological polar surface area (TPSA) is 66.5 Å². The molecule has 1 aliphatic carbocycles. The third kappa shape index (κ3) is 5.20. The second-order valence-electron chi connectivity index (χ2n) is 7.64. The largest absolute Gasteiger partial charge is 0.356 e. The lowest BCUT2D eigenvalue weighted by atomic mass is 9.96. The van der Waals surface area contributed by atoms with Gasteiger partial charge in [0.15, 0.2) is 0 Å². The van der Waals surface area contributed by atoms with Crippen molar-refractivity contribution in [2.75, 3.05) is 19.6 Å². The molecule has 0 radical (unpaired) electrons. The fourth-order valence-corrected chi connectivity index (χ4v) is 5.31. The number of aryl methyl sites for hydroxylation is 1. The number of nitrogens with zero attached hydrogens (tertiary/aromatic N) is 1. The molecule has 3 rings (SSSR count). The van der Waals surface area contributed by atoms with Crippen LogP contribution in [0.3, 0.4) is 0 Å². The van der Waals surface area contributed by atoms with E-state index in [0.29, 0.717) is 37.4 Å². The molecule has 6 heteroatoms. The Kier molecular flexibility index (Phi) is 6.71. The minimum atomic E-state index is -3.47. The summed E-state index contributed by atoms with van der Waals surface area (Å²) in [5.41, 5.74) is 2.49. The summed E-state index contributed by atoms with van der Waals surface area (Å²) >= 11 is 0. The van der Waals surface area contributed by atoms with Crippen molar-refractivity contribution in [2.45, 2.75) is 56.8 Å². The molecule has 1 heterocycles. The van der Waals surface area contributed by atoms with E-state index >= 15 is 0 Å². The first kappa shape index (κ1) is 20.1. The number of carbonyl (C=O) groups is 1. The second-order valence-corrected chi connectivity index (χ2v) is 9.58. The zero-order valence-corrected chi connectivity index (χ0v) is 16.9. The normalized spacial score (nSPS) is 19.5. The number of allylic oxidation sites excluding steroid dienone is 1. The predicted molar refractivity (Wildman–Crippen MR) is 107 cm³/mol. The van der Waals surface area contributed by atoms with Crippen molar-refractivity contribution in [3.05, 3.63) is 41.5 Å². The maximum absolute atomic E-state index is 12.7. The third-order valence-electron chi connectivity index (χ3n) is 5.61. The molecular formula is C21H30N2O3S. The molecule has 5 nitrogen and oxygen atoms in total. The molecule has 1 aromatic rings. The summed E-state index contributed by atoms with van der Waals surface area (Å²) in [7, 11) is -3.47. The van der Waals surface area contributed by atoms with E-state index in [4.69, 9.17) is 0 Å². The van der Waals surface area contributed by atoms with Gasteiger partial charge in [-0.1, -0.05) is 29.3 Å². The van der Waals surface area contributed by atoms with Crippen molar-refractivity contribution in [3.8, 4) is 0 Å². The minimum Gasteiger partial charge on any atom is -0.356 e. The number of hydrogen-bond acceptors (Lipinski definition) is 3. The Balaban J connectivity index is 1.47. The molecular weight excluding hydrogens is 360 g/mol. The molecule has 0 atom stereocenters. The van der Waals surface area contributed by atoms with E-state index < -0.39 is 10.0 Å². The number of piperidine rings is 1. The minimum absolute atomic E-state index is 0.0683. The number of hydrogen-bond donors (Lipinski definition) is 1. The maximum atomic E-state index is 12.7. The number of amides is 1. The van der Waals surface area contributed by atoms with Crippen molar-refractivity contribution in [1.29, 1.82) is 0 Å². The lowest BCUT2D eigenvalue weighted by Gasteiger charge is -2.30. The van der Waals surface area contributed by atoms with Gasteiger partial charge in [0.1, 0.15) is 0 Å². The van der Waals surface area contributed by atoms with Gasteiger partial charge in [-0.25, -0.2) is 8.42 Å². The second kappa shape index (κ2) is 9.02. The summed E-state index contributed by atoms with van der Waals surface area (Å²) in [4.78, 5) is 12.7. The van der Waals surface area contributed by atoms with Gasteiger partial charge in [0.25, 0.3) is 0 Å². The molecule has 0 saturated carbocycles. The van der Waals surface area contributed by atoms with Gasteiger partial charge >= 0.3 is 0 Å². The van der Waals surface area contributed by atoms with E-state index in [0.717, 1.165) is 24.8 Å². The van der Waals surface area contributed by atoms with Gasteiger partial charge in [-0.15, -0.1) is 0 Å². The van der Waals surface area contributed by atoms with Crippen LogP contribution >= 0.6 is 0 Å². The van der Waals surface area contributed by atoms with Gasteiger partial charge < -0.3 is 5.32 Å². The van der Waals surface area contributed by atoms with Crippen molar-refractivity contribution in [2.24, 2.45) is 5.92 Å². The smallest absolute Gasteiger partial charge is 0.243 e. The number of rotatable bonds is 6. The molecule has 1 amide bonds. The van der Waals surface area contributed by atoms with E-state index in [9.17, 15) is 13.2 Å². The molecule has 148 valence electrons. The predicted octanol–water partition coefficient (Wildman–Crippen LogP) is 3.40. The van der Waals surface area contributed by atoms with E-state index in [1.54, 1.807) is 12.1 Å². The molecule has 0 spiro atoms. The summed E-state index contributed by atoms with van der Waals surface area (Å²) < 4.78 is 27.0. The molecule has 1 aromatic carbocycles. The molecule has 1 saturated heterocycles. The van der Waals surface area contributed by atoms with Crippen LogP contribution in [0.25, 0.3) is 0 Å². The quantitative estimate of drug-likeness (QED) is 0.757. The number of nitrogens with one attached hydrogen (secondary N) is 1. The fraction of sp³-hybridized carbons (Fsp3) is 0.571. The first-order valence-electron chi connectivity index (χ1n) is 9.99. The van der Waals surface area contributed by atoms with Crippen molar-refractivity contribution < 1.29 is 13.2 Å². The van der Waals surface area contributed by atoms with Crippen LogP contribution < -0.4 is 5.32 Å². The van der Waals surface area contributed by atoms with Crippen LogP contribution in [0.15, 0.2) is 40.8 Å². The maximum Gasteiger partial charge on any atom is 0.243 e. The van der Waals surface area contributed by atoms with Gasteiger partial charge in [0, 0.05) is 25.6 Å². The average Bonchev–Trinajstić information content (AvgIpc) is 2.69. The molecule has 1 fully saturated rings. The first-order valence-corrected chi connectivity index (χ1v) is 11.4. The van der Waals surface area contributed by atoms with Crippen LogP contribution in [0.2, 0.25) is 0 Å². The first-order chi connectivity index (χ1) is 13.0. The zero-order chi connectivity index (χ0) is 19.3. The zero-order valence-electron chi connectivity index (χ0n) is 16.1. The van der Waals surface area contributed by atoms with Gasteiger partial charge in [-0.05, 0) is 64.0 Å². The highest BCUT2D eigenvalue weighted by molar-refractivity contribution is 7.89. The van der Waals surface area contributed by atoms with E-state index in [1.165, 1.54) is 22.7 Å². The Hall–Kier alpha value is -1.66. The molecule has 1 N–H and O–H groups in total. The number of benzene rings is 1. The van der Waals surface area contributed by atoms with Gasteiger partial charge in [-0.2, -0.15) is 4.31 Å². The highest BCUT2D eigenvalue weighted by Gasteiger charge is 2.31. The lowest BCUT2D eigenvalue weighted by Crippen LogP contribution is -2.43. The molecule has 1 aliphatic heterocycles. The fourth-order valence-electron chi connectivity index (χ4n) is 3.84. The average molecular weight is 391 g/mol. The van der Waals surface area contributed by atoms with Crippen LogP contribution in [0, 0.1) is 12.8 Å². The standard InChI is InChI=1S/C21H30N2O3S/c1-17-7-9-20(10-8-17)27(25,26)23-15-12-19(13-16-23)21(24)22-14-11-18-5-3-2-4-6-18/h5,7-10,19H,2-4,6,11-16H2,1H3,(H,22,24). The summed E-state index contributed by atoms with van der Waals surface area (Å²) in [6.45, 7) is 3.43. The Morgan fingerprint density at radius 2 is 1.85 bits per heavy atom. The Morgan fingerprint density at radius 1 is 1.15 bits per heavy atom. The van der Waals surface area contributed by atoms with Crippen LogP contribution in [-0.4, -0.2) is 38.3 Å². The summed E-state index contributed by atoms with van der Waals surface area (Å²) in [6.07, 6.45) is 9.27. The lowest BCUT2D eigenvalue weighted by molar-refractivity contribution is -0.126. The number of sulfonamides is 1. The Bertz CT molecular complexity index is 776. The van der Waals surface area contributed by atoms with Gasteiger partial charge in [0.05, 0.1) is 4.90 Å². The Morgan fingerprint density at radius 3 is 2.48 bits per heavy atom. The SMILES string of the molecule is Cc1ccc(S(=O)(=O)N2CCC(C(=O)NCCC3=CCCCC3)CC2)cc1. The monoisotopic (exact) mass is 390 g/mol. The summed E-state index contributed by atoms with van der Waals surface area (Å²) in [5, 5.41) is 3.04. The van der Waals surface area contributed by atoms with Crippen LogP contribution in [0.5, 0.6) is 0 Å². The van der Waals surface area contributed by atoms with E-state index in [1.807, 2.05) is 19.1 Å². The molecule has 2 aliphatic rings.